The zero-order valence-corrected chi connectivity index (χ0v) is 16.6. The summed E-state index contributed by atoms with van der Waals surface area (Å²) in [5.74, 6) is 1.78. The van der Waals surface area contributed by atoms with E-state index in [9.17, 15) is 9.90 Å². The lowest BCUT2D eigenvalue weighted by atomic mass is 9.77. The van der Waals surface area contributed by atoms with Gasteiger partial charge in [-0.15, -0.1) is 0 Å². The minimum Gasteiger partial charge on any atom is -0.481 e. The third kappa shape index (κ3) is 4.00. The molecule has 0 amide bonds. The van der Waals surface area contributed by atoms with Crippen molar-refractivity contribution in [2.75, 3.05) is 26.2 Å². The standard InChI is InChI=1S/C21H29N3O4/c1-15(2)20-22-17(12-28-20)10-23-8-16-9-24(11-18-4-3-7-27-18)14-21(16,13-23)6-5-19(25)26/h3-4,7,12,15-16H,5-6,8-11,13-14H2,1-2H3,(H,25,26). The van der Waals surface area contributed by atoms with E-state index in [4.69, 9.17) is 8.83 Å². The zero-order valence-electron chi connectivity index (χ0n) is 16.6. The Kier molecular flexibility index (Phi) is 5.29. The Balaban J connectivity index is 1.43. The number of hydrogen-bond acceptors (Lipinski definition) is 6. The molecule has 2 atom stereocenters. The summed E-state index contributed by atoms with van der Waals surface area (Å²) < 4.78 is 11.1. The van der Waals surface area contributed by atoms with Gasteiger partial charge in [0.05, 0.1) is 18.5 Å². The number of nitrogens with zero attached hydrogens (tertiary/aromatic N) is 3. The van der Waals surface area contributed by atoms with Gasteiger partial charge in [0.2, 0.25) is 0 Å². The van der Waals surface area contributed by atoms with Gasteiger partial charge >= 0.3 is 5.97 Å². The van der Waals surface area contributed by atoms with E-state index in [2.05, 4.69) is 28.6 Å². The van der Waals surface area contributed by atoms with Crippen LogP contribution in [-0.2, 0) is 17.9 Å². The van der Waals surface area contributed by atoms with E-state index in [0.717, 1.165) is 56.6 Å². The van der Waals surface area contributed by atoms with E-state index in [1.807, 2.05) is 12.1 Å². The van der Waals surface area contributed by atoms with Crippen molar-refractivity contribution in [2.45, 2.75) is 45.7 Å². The first-order chi connectivity index (χ1) is 13.4. The van der Waals surface area contributed by atoms with Crippen LogP contribution < -0.4 is 0 Å². The van der Waals surface area contributed by atoms with Gasteiger partial charge in [-0.2, -0.15) is 0 Å². The molecule has 0 saturated carbocycles. The summed E-state index contributed by atoms with van der Waals surface area (Å²) in [5, 5.41) is 9.25. The van der Waals surface area contributed by atoms with Crippen molar-refractivity contribution in [1.29, 1.82) is 0 Å². The molecule has 0 aromatic carbocycles. The van der Waals surface area contributed by atoms with Crippen LogP contribution in [0, 0.1) is 11.3 Å². The molecule has 7 nitrogen and oxygen atoms in total. The molecule has 2 fully saturated rings. The minimum absolute atomic E-state index is 0.0234. The maximum atomic E-state index is 11.3. The van der Waals surface area contributed by atoms with Crippen molar-refractivity contribution in [3.8, 4) is 0 Å². The van der Waals surface area contributed by atoms with Crippen molar-refractivity contribution in [3.05, 3.63) is 42.0 Å². The molecule has 0 radical (unpaired) electrons. The van der Waals surface area contributed by atoms with Crippen LogP contribution in [0.15, 0.2) is 33.5 Å². The van der Waals surface area contributed by atoms with Crippen LogP contribution in [0.25, 0.3) is 0 Å². The first kappa shape index (κ1) is 19.2. The third-order valence-corrected chi connectivity index (χ3v) is 6.15. The number of carbonyl (C=O) groups is 1. The maximum Gasteiger partial charge on any atom is 0.303 e. The van der Waals surface area contributed by atoms with E-state index < -0.39 is 5.97 Å². The molecule has 2 saturated heterocycles. The van der Waals surface area contributed by atoms with E-state index in [1.165, 1.54) is 0 Å². The fourth-order valence-electron chi connectivity index (χ4n) is 4.87. The smallest absolute Gasteiger partial charge is 0.303 e. The van der Waals surface area contributed by atoms with Gasteiger partial charge in [-0.1, -0.05) is 13.8 Å². The molecule has 2 aliphatic rings. The second-order valence-electron chi connectivity index (χ2n) is 8.70. The molecule has 2 aromatic rings. The Morgan fingerprint density at radius 3 is 2.64 bits per heavy atom. The van der Waals surface area contributed by atoms with Gasteiger partial charge in [0, 0.05) is 50.5 Å². The number of aliphatic carboxylic acids is 1. The minimum atomic E-state index is -0.714. The highest BCUT2D eigenvalue weighted by Crippen LogP contribution is 2.46. The third-order valence-electron chi connectivity index (χ3n) is 6.15. The maximum absolute atomic E-state index is 11.3. The van der Waals surface area contributed by atoms with Crippen molar-refractivity contribution < 1.29 is 18.7 Å². The lowest BCUT2D eigenvalue weighted by Gasteiger charge is -2.29. The highest BCUT2D eigenvalue weighted by atomic mass is 16.4. The monoisotopic (exact) mass is 387 g/mol. The summed E-state index contributed by atoms with van der Waals surface area (Å²) in [6, 6.07) is 3.92. The van der Waals surface area contributed by atoms with Crippen LogP contribution in [0.2, 0.25) is 0 Å². The summed E-state index contributed by atoms with van der Waals surface area (Å²) in [4.78, 5) is 20.7. The van der Waals surface area contributed by atoms with Crippen LogP contribution >= 0.6 is 0 Å². The first-order valence-electron chi connectivity index (χ1n) is 10.1. The predicted molar refractivity (Wildman–Crippen MR) is 103 cm³/mol. The first-order valence-corrected chi connectivity index (χ1v) is 10.1. The number of carboxylic acid groups (broad SMARTS) is 1. The van der Waals surface area contributed by atoms with E-state index >= 15 is 0 Å². The zero-order chi connectivity index (χ0) is 19.7. The van der Waals surface area contributed by atoms with Crippen molar-refractivity contribution >= 4 is 5.97 Å². The summed E-state index contributed by atoms with van der Waals surface area (Å²) in [7, 11) is 0. The van der Waals surface area contributed by atoms with Crippen LogP contribution in [0.4, 0.5) is 0 Å². The topological polar surface area (TPSA) is 83.0 Å². The highest BCUT2D eigenvalue weighted by Gasteiger charge is 2.52. The second kappa shape index (κ2) is 7.72. The molecule has 0 spiro atoms. The summed E-state index contributed by atoms with van der Waals surface area (Å²) >= 11 is 0. The lowest BCUT2D eigenvalue weighted by molar-refractivity contribution is -0.137. The fraction of sp³-hybridized carbons (Fsp3) is 0.619. The molecule has 1 N–H and O–H groups in total. The van der Waals surface area contributed by atoms with Crippen LogP contribution in [0.3, 0.4) is 0 Å². The molecule has 28 heavy (non-hydrogen) atoms. The van der Waals surface area contributed by atoms with Gasteiger partial charge in [-0.25, -0.2) is 4.98 Å². The van der Waals surface area contributed by atoms with Crippen LogP contribution in [0.1, 0.15) is 50.0 Å². The highest BCUT2D eigenvalue weighted by molar-refractivity contribution is 5.66. The number of likely N-dealkylation sites (tertiary alicyclic amines) is 2. The molecule has 4 rings (SSSR count). The Labute approximate surface area is 165 Å². The summed E-state index contributed by atoms with van der Waals surface area (Å²) in [6.45, 7) is 9.47. The van der Waals surface area contributed by atoms with Gasteiger partial charge < -0.3 is 13.9 Å². The molecule has 2 aromatic heterocycles. The lowest BCUT2D eigenvalue weighted by Crippen LogP contribution is -2.34. The number of furan rings is 1. The van der Waals surface area contributed by atoms with Crippen LogP contribution in [0.5, 0.6) is 0 Å². The number of rotatable bonds is 8. The predicted octanol–water partition coefficient (Wildman–Crippen LogP) is 3.19. The van der Waals surface area contributed by atoms with Crippen molar-refractivity contribution in [3.63, 3.8) is 0 Å². The molecule has 7 heteroatoms. The van der Waals surface area contributed by atoms with Gasteiger partial charge in [0.1, 0.15) is 12.0 Å². The van der Waals surface area contributed by atoms with Crippen LogP contribution in [-0.4, -0.2) is 52.0 Å². The van der Waals surface area contributed by atoms with Gasteiger partial charge in [-0.05, 0) is 24.5 Å². The summed E-state index contributed by atoms with van der Waals surface area (Å²) in [6.07, 6.45) is 4.41. The molecule has 0 aliphatic carbocycles. The number of fused-ring (bicyclic) bond motifs is 1. The second-order valence-corrected chi connectivity index (χ2v) is 8.70. The molecule has 4 heterocycles. The Hall–Kier alpha value is -2.12. The molecule has 2 aliphatic heterocycles. The van der Waals surface area contributed by atoms with Gasteiger partial charge in [-0.3, -0.25) is 14.6 Å². The van der Waals surface area contributed by atoms with E-state index in [0.29, 0.717) is 12.3 Å². The van der Waals surface area contributed by atoms with E-state index in [-0.39, 0.29) is 17.8 Å². The largest absolute Gasteiger partial charge is 0.481 e. The number of hydrogen-bond donors (Lipinski definition) is 1. The Morgan fingerprint density at radius 2 is 2.04 bits per heavy atom. The average Bonchev–Trinajstić information content (AvgIpc) is 3.38. The van der Waals surface area contributed by atoms with Crippen molar-refractivity contribution in [2.24, 2.45) is 11.3 Å². The Bertz CT molecular complexity index is 800. The van der Waals surface area contributed by atoms with Gasteiger partial charge in [0.15, 0.2) is 5.89 Å². The number of carboxylic acids is 1. The van der Waals surface area contributed by atoms with Gasteiger partial charge in [0.25, 0.3) is 0 Å². The number of aromatic nitrogens is 1. The Morgan fingerprint density at radius 1 is 1.29 bits per heavy atom. The fourth-order valence-corrected chi connectivity index (χ4v) is 4.87. The molecule has 2 unspecified atom stereocenters. The number of oxazole rings is 1. The summed E-state index contributed by atoms with van der Waals surface area (Å²) in [5.41, 5.74) is 0.986. The normalized spacial score (nSPS) is 25.6. The average molecular weight is 387 g/mol. The van der Waals surface area contributed by atoms with Crippen molar-refractivity contribution in [1.82, 2.24) is 14.8 Å². The molecule has 152 valence electrons. The molecular weight excluding hydrogens is 358 g/mol. The molecular formula is C21H29N3O4. The quantitative estimate of drug-likeness (QED) is 0.745. The molecule has 0 bridgehead atoms. The SMILES string of the molecule is CC(C)c1nc(CN2CC3CN(Cc4ccco4)CC3(CCC(=O)O)C2)co1. The van der Waals surface area contributed by atoms with E-state index in [1.54, 1.807) is 12.5 Å².